The molecule has 1 atom stereocenters. The number of allylic oxidation sites excluding steroid dienone is 26. The van der Waals surface area contributed by atoms with Crippen molar-refractivity contribution in [3.05, 3.63) is 158 Å². The lowest BCUT2D eigenvalue weighted by molar-refractivity contribution is -0.167. The topological polar surface area (TPSA) is 78.9 Å². The highest BCUT2D eigenvalue weighted by Gasteiger charge is 2.19. The minimum Gasteiger partial charge on any atom is -0.462 e. The first kappa shape index (κ1) is 70.0. The third-order valence-corrected chi connectivity index (χ3v) is 12.0. The number of unbranched alkanes of at least 4 members (excludes halogenated alkanes) is 15. The van der Waals surface area contributed by atoms with Crippen molar-refractivity contribution in [1.29, 1.82) is 0 Å². The number of carbonyl (C=O) groups is 3. The largest absolute Gasteiger partial charge is 0.462 e. The lowest BCUT2D eigenvalue weighted by atomic mass is 10.1. The summed E-state index contributed by atoms with van der Waals surface area (Å²) < 4.78 is 16.8. The monoisotopic (exact) mass is 1030 g/mol. The Balaban J connectivity index is 4.51. The van der Waals surface area contributed by atoms with Crippen LogP contribution in [0.2, 0.25) is 0 Å². The van der Waals surface area contributed by atoms with E-state index in [1.807, 2.05) is 0 Å². The van der Waals surface area contributed by atoms with E-state index in [2.05, 4.69) is 179 Å². The lowest BCUT2D eigenvalue weighted by Crippen LogP contribution is -2.30. The zero-order chi connectivity index (χ0) is 54.3. The molecule has 6 heteroatoms. The fourth-order valence-electron chi connectivity index (χ4n) is 7.64. The zero-order valence-electron chi connectivity index (χ0n) is 48.0. The van der Waals surface area contributed by atoms with Gasteiger partial charge in [0.05, 0.1) is 0 Å². The predicted molar refractivity (Wildman–Crippen MR) is 325 cm³/mol. The predicted octanol–water partition coefficient (Wildman–Crippen LogP) is 20.5. The molecule has 0 amide bonds. The normalized spacial score (nSPS) is 13.3. The molecule has 0 fully saturated rings. The van der Waals surface area contributed by atoms with Crippen LogP contribution in [0.5, 0.6) is 0 Å². The van der Waals surface area contributed by atoms with Crippen molar-refractivity contribution in [2.24, 2.45) is 0 Å². The van der Waals surface area contributed by atoms with E-state index in [9.17, 15) is 14.4 Å². The van der Waals surface area contributed by atoms with Crippen LogP contribution in [0, 0.1) is 0 Å². The average Bonchev–Trinajstić information content (AvgIpc) is 3.41. The SMILES string of the molecule is CC/C=C\C/C=C\C/C=C\C/C=C\C/C=C\CCCCCCCCCC(=O)OCC(COC(=O)CCCCCCCCC/C=C\C/C=C\C/C=C\CC)OC(=O)CCC/C=C\C/C=C\C/C=C\C/C=C\C/C=C\CC. The van der Waals surface area contributed by atoms with Crippen molar-refractivity contribution < 1.29 is 28.6 Å². The second-order valence-electron chi connectivity index (χ2n) is 19.1. The molecule has 0 radical (unpaired) electrons. The minimum atomic E-state index is -0.826. The molecule has 0 aromatic rings. The summed E-state index contributed by atoms with van der Waals surface area (Å²) in [6, 6.07) is 0. The molecular formula is C69H108O6. The third kappa shape index (κ3) is 59.8. The number of hydrogen-bond donors (Lipinski definition) is 0. The molecule has 0 saturated heterocycles. The molecular weight excluding hydrogens is 925 g/mol. The molecule has 0 N–H and O–H groups in total. The van der Waals surface area contributed by atoms with Gasteiger partial charge in [-0.25, -0.2) is 0 Å². The van der Waals surface area contributed by atoms with E-state index in [0.717, 1.165) is 141 Å². The second-order valence-corrected chi connectivity index (χ2v) is 19.1. The van der Waals surface area contributed by atoms with Crippen LogP contribution in [0.4, 0.5) is 0 Å². The Hall–Kier alpha value is -4.97. The van der Waals surface area contributed by atoms with Crippen LogP contribution in [0.15, 0.2) is 158 Å². The summed E-state index contributed by atoms with van der Waals surface area (Å²) in [6.45, 7) is 6.23. The summed E-state index contributed by atoms with van der Waals surface area (Å²) >= 11 is 0. The van der Waals surface area contributed by atoms with Gasteiger partial charge in [0.1, 0.15) is 13.2 Å². The Labute approximate surface area is 460 Å². The van der Waals surface area contributed by atoms with E-state index in [-0.39, 0.29) is 37.5 Å². The zero-order valence-corrected chi connectivity index (χ0v) is 48.0. The van der Waals surface area contributed by atoms with Gasteiger partial charge in [0, 0.05) is 19.3 Å². The molecule has 0 aromatic carbocycles. The van der Waals surface area contributed by atoms with Crippen molar-refractivity contribution in [3.63, 3.8) is 0 Å². The van der Waals surface area contributed by atoms with Crippen LogP contribution in [-0.2, 0) is 28.6 Å². The highest BCUT2D eigenvalue weighted by molar-refractivity contribution is 5.71. The maximum atomic E-state index is 12.9. The van der Waals surface area contributed by atoms with Gasteiger partial charge in [0.2, 0.25) is 0 Å². The number of esters is 3. The Kier molecular flexibility index (Phi) is 57.5. The Morgan fingerprint density at radius 3 is 0.787 bits per heavy atom. The fourth-order valence-corrected chi connectivity index (χ4v) is 7.64. The minimum absolute atomic E-state index is 0.116. The van der Waals surface area contributed by atoms with Gasteiger partial charge >= 0.3 is 17.9 Å². The Morgan fingerprint density at radius 1 is 0.267 bits per heavy atom. The maximum absolute atomic E-state index is 12.9. The van der Waals surface area contributed by atoms with Gasteiger partial charge in [-0.1, -0.05) is 243 Å². The number of hydrogen-bond acceptors (Lipinski definition) is 6. The summed E-state index contributed by atoms with van der Waals surface area (Å²) in [5, 5.41) is 0. The quantitative estimate of drug-likeness (QED) is 0.0261. The first-order valence-corrected chi connectivity index (χ1v) is 30.0. The van der Waals surface area contributed by atoms with E-state index in [1.165, 1.54) is 51.4 Å². The fraction of sp³-hybridized carbons (Fsp3) is 0.580. The van der Waals surface area contributed by atoms with Crippen LogP contribution >= 0.6 is 0 Å². The molecule has 75 heavy (non-hydrogen) atoms. The van der Waals surface area contributed by atoms with Gasteiger partial charge in [-0.3, -0.25) is 14.4 Å². The third-order valence-electron chi connectivity index (χ3n) is 12.0. The summed E-state index contributed by atoms with van der Waals surface area (Å²) in [4.78, 5) is 38.3. The van der Waals surface area contributed by atoms with Crippen molar-refractivity contribution in [2.45, 2.75) is 245 Å². The molecule has 6 nitrogen and oxygen atoms in total. The number of carbonyl (C=O) groups excluding carboxylic acids is 3. The summed E-state index contributed by atoms with van der Waals surface area (Å²) in [6.07, 6.45) is 89.5. The van der Waals surface area contributed by atoms with Gasteiger partial charge in [-0.15, -0.1) is 0 Å². The molecule has 0 bridgehead atoms. The van der Waals surface area contributed by atoms with Gasteiger partial charge in [-0.2, -0.15) is 0 Å². The molecule has 0 aliphatic heterocycles. The van der Waals surface area contributed by atoms with Crippen molar-refractivity contribution >= 4 is 17.9 Å². The molecule has 0 aliphatic carbocycles. The molecule has 0 aliphatic rings. The van der Waals surface area contributed by atoms with Crippen LogP contribution in [0.3, 0.4) is 0 Å². The van der Waals surface area contributed by atoms with Gasteiger partial charge < -0.3 is 14.2 Å². The van der Waals surface area contributed by atoms with Crippen molar-refractivity contribution in [1.82, 2.24) is 0 Å². The molecule has 1 unspecified atom stereocenters. The standard InChI is InChI=1S/C69H108O6/c1-4-7-10-13-16-19-22-25-28-31-32-33-34-35-36-39-41-44-47-50-53-56-59-62-68(71)74-65-66(75-69(72)63-60-57-54-51-48-45-42-38-30-27-24-21-18-15-12-9-6-3)64-73-67(70)61-58-55-52-49-46-43-40-37-29-26-23-20-17-14-11-8-5-2/h7-12,16-21,25-30,32-33,35-36,42,45,51,54,66H,4-6,13-15,22-24,31,34,37-41,43-44,46-50,52-53,55-65H2,1-3H3/b10-7-,11-8-,12-9-,19-16-,20-17-,21-18-,28-25-,29-26-,30-27-,33-32-,36-35-,45-42-,54-51-. The smallest absolute Gasteiger partial charge is 0.306 e. The van der Waals surface area contributed by atoms with Gasteiger partial charge in [0.15, 0.2) is 6.10 Å². The Morgan fingerprint density at radius 2 is 0.493 bits per heavy atom. The van der Waals surface area contributed by atoms with Crippen LogP contribution in [0.25, 0.3) is 0 Å². The van der Waals surface area contributed by atoms with Crippen LogP contribution in [0.1, 0.15) is 239 Å². The number of ether oxygens (including phenoxy) is 3. The van der Waals surface area contributed by atoms with Crippen LogP contribution < -0.4 is 0 Å². The highest BCUT2D eigenvalue weighted by atomic mass is 16.6. The van der Waals surface area contributed by atoms with E-state index in [4.69, 9.17) is 14.2 Å². The lowest BCUT2D eigenvalue weighted by Gasteiger charge is -2.18. The number of rotatable bonds is 52. The first-order chi connectivity index (χ1) is 37.0. The maximum Gasteiger partial charge on any atom is 0.306 e. The van der Waals surface area contributed by atoms with Crippen LogP contribution in [-0.4, -0.2) is 37.2 Å². The summed E-state index contributed by atoms with van der Waals surface area (Å²) in [7, 11) is 0. The first-order valence-electron chi connectivity index (χ1n) is 30.0. The molecule has 0 rings (SSSR count). The van der Waals surface area contributed by atoms with E-state index < -0.39 is 6.10 Å². The Bertz CT molecular complexity index is 1710. The van der Waals surface area contributed by atoms with E-state index in [1.54, 1.807) is 0 Å². The van der Waals surface area contributed by atoms with E-state index >= 15 is 0 Å². The van der Waals surface area contributed by atoms with E-state index in [0.29, 0.717) is 19.3 Å². The molecule has 420 valence electrons. The highest BCUT2D eigenvalue weighted by Crippen LogP contribution is 2.14. The second kappa shape index (κ2) is 61.6. The van der Waals surface area contributed by atoms with Crippen molar-refractivity contribution in [2.75, 3.05) is 13.2 Å². The molecule has 0 saturated carbocycles. The van der Waals surface area contributed by atoms with Gasteiger partial charge in [0.25, 0.3) is 0 Å². The molecule has 0 aromatic heterocycles. The van der Waals surface area contributed by atoms with Gasteiger partial charge in [-0.05, 0) is 135 Å². The van der Waals surface area contributed by atoms with Crippen molar-refractivity contribution in [3.8, 4) is 0 Å². The molecule has 0 heterocycles. The summed E-state index contributed by atoms with van der Waals surface area (Å²) in [5.74, 6) is -1.00. The molecule has 0 spiro atoms. The average molecular weight is 1030 g/mol. The summed E-state index contributed by atoms with van der Waals surface area (Å²) in [5.41, 5.74) is 0.